The van der Waals surface area contributed by atoms with Gasteiger partial charge in [0.1, 0.15) is 0 Å². The number of rotatable bonds is 2. The van der Waals surface area contributed by atoms with Crippen LogP contribution < -0.4 is 16.0 Å². The van der Waals surface area contributed by atoms with Crippen LogP contribution in [0.2, 0.25) is 0 Å². The van der Waals surface area contributed by atoms with Gasteiger partial charge in [0.25, 0.3) is 5.09 Å². The van der Waals surface area contributed by atoms with Crippen LogP contribution in [0.25, 0.3) is 0 Å². The first kappa shape index (κ1) is 12.9. The number of ether oxygens (including phenoxy) is 1. The van der Waals surface area contributed by atoms with Crippen molar-refractivity contribution in [2.45, 2.75) is 0 Å². The van der Waals surface area contributed by atoms with Crippen molar-refractivity contribution in [1.29, 1.82) is 0 Å². The van der Waals surface area contributed by atoms with E-state index >= 15 is 0 Å². The van der Waals surface area contributed by atoms with Crippen molar-refractivity contribution in [3.05, 3.63) is 34.1 Å². The van der Waals surface area contributed by atoms with E-state index in [-0.39, 0.29) is 5.75 Å². The van der Waals surface area contributed by atoms with E-state index in [9.17, 15) is 4.39 Å². The highest BCUT2D eigenvalue weighted by atomic mass is 19.1. The monoisotopic (exact) mass is 219 g/mol. The third-order valence-electron chi connectivity index (χ3n) is 1.32. The fourth-order valence-corrected chi connectivity index (χ4v) is 0.750. The lowest BCUT2D eigenvalue weighted by Crippen LogP contribution is -2.06. The van der Waals surface area contributed by atoms with Crippen molar-refractivity contribution in [2.75, 3.05) is 12.5 Å². The van der Waals surface area contributed by atoms with Crippen molar-refractivity contribution in [3.63, 3.8) is 0 Å². The van der Waals surface area contributed by atoms with E-state index < -0.39 is 10.9 Å². The van der Waals surface area contributed by atoms with Gasteiger partial charge >= 0.3 is 0 Å². The van der Waals surface area contributed by atoms with E-state index in [1.807, 2.05) is 0 Å². The Kier molecular flexibility index (Phi) is 5.49. The summed E-state index contributed by atoms with van der Waals surface area (Å²) in [6.45, 7) is 0. The maximum absolute atomic E-state index is 12.7. The minimum absolute atomic E-state index is 0.181. The number of hydrogen-bond donors (Lipinski definition) is 3. The van der Waals surface area contributed by atoms with Crippen LogP contribution in [0.1, 0.15) is 0 Å². The smallest absolute Gasteiger partial charge is 0.291 e. The Morgan fingerprint density at radius 2 is 2.20 bits per heavy atom. The van der Waals surface area contributed by atoms with Gasteiger partial charge in [0.15, 0.2) is 11.6 Å². The van der Waals surface area contributed by atoms with Gasteiger partial charge in [-0.05, 0) is 12.1 Å². The summed E-state index contributed by atoms with van der Waals surface area (Å²) in [4.78, 5) is 8.36. The van der Waals surface area contributed by atoms with Gasteiger partial charge in [-0.25, -0.2) is 4.39 Å². The number of methoxy groups -OCH3 is 1. The minimum atomic E-state index is -1.50. The second kappa shape index (κ2) is 6.38. The molecular formula is C7H10FN3O4. The standard InChI is InChI=1S/C7H9FN2O.HNO3/c1-11-7-4-5(10-9)2-3-6(7)8;2-1(3)4/h2-4,10H,9H2,1H3;(H,2,3,4). The summed E-state index contributed by atoms with van der Waals surface area (Å²) in [7, 11) is 1.40. The summed E-state index contributed by atoms with van der Waals surface area (Å²) in [6.07, 6.45) is 0. The maximum Gasteiger partial charge on any atom is 0.291 e. The minimum Gasteiger partial charge on any atom is -0.494 e. The Labute approximate surface area is 84.3 Å². The maximum atomic E-state index is 12.7. The van der Waals surface area contributed by atoms with Gasteiger partial charge in [-0.3, -0.25) is 5.84 Å². The molecule has 7 nitrogen and oxygen atoms in total. The van der Waals surface area contributed by atoms with Crippen LogP contribution >= 0.6 is 0 Å². The largest absolute Gasteiger partial charge is 0.494 e. The summed E-state index contributed by atoms with van der Waals surface area (Å²) in [5, 5.41) is 13.6. The molecule has 8 heteroatoms. The first-order valence-electron chi connectivity index (χ1n) is 3.64. The van der Waals surface area contributed by atoms with E-state index in [0.29, 0.717) is 5.69 Å². The zero-order chi connectivity index (χ0) is 11.8. The Bertz CT molecular complexity index is 330. The molecule has 1 aromatic rings. The number of hydrogen-bond acceptors (Lipinski definition) is 5. The van der Waals surface area contributed by atoms with Gasteiger partial charge in [0.05, 0.1) is 12.8 Å². The molecule has 0 atom stereocenters. The number of nitrogens with one attached hydrogen (secondary N) is 1. The molecule has 0 fully saturated rings. The van der Waals surface area contributed by atoms with Gasteiger partial charge < -0.3 is 15.4 Å². The third-order valence-corrected chi connectivity index (χ3v) is 1.32. The van der Waals surface area contributed by atoms with E-state index in [1.165, 1.54) is 25.3 Å². The van der Waals surface area contributed by atoms with Crippen molar-refractivity contribution >= 4 is 5.69 Å². The molecule has 0 saturated heterocycles. The molecule has 0 unspecified atom stereocenters. The first-order chi connectivity index (χ1) is 7.01. The average Bonchev–Trinajstić information content (AvgIpc) is 2.18. The van der Waals surface area contributed by atoms with Crippen LogP contribution in [0, 0.1) is 15.9 Å². The molecule has 0 aromatic heterocycles. The topological polar surface area (TPSA) is 111 Å². The summed E-state index contributed by atoms with van der Waals surface area (Å²) in [5.74, 6) is 4.88. The lowest BCUT2D eigenvalue weighted by Gasteiger charge is -2.03. The van der Waals surface area contributed by atoms with Crippen molar-refractivity contribution < 1.29 is 19.4 Å². The molecule has 0 amide bonds. The zero-order valence-corrected chi connectivity index (χ0v) is 7.81. The summed E-state index contributed by atoms with van der Waals surface area (Å²) in [5.41, 5.74) is 3.00. The predicted octanol–water partition coefficient (Wildman–Crippen LogP) is 0.772. The van der Waals surface area contributed by atoms with Crippen LogP contribution in [0.5, 0.6) is 5.75 Å². The molecule has 84 valence electrons. The van der Waals surface area contributed by atoms with Crippen LogP contribution in [0.4, 0.5) is 10.1 Å². The highest BCUT2D eigenvalue weighted by Gasteiger charge is 2.01. The van der Waals surface area contributed by atoms with Crippen LogP contribution in [0.15, 0.2) is 18.2 Å². The number of hydrazine groups is 1. The Hall–Kier alpha value is -2.09. The van der Waals surface area contributed by atoms with Gasteiger partial charge in [-0.15, -0.1) is 10.1 Å². The molecule has 0 bridgehead atoms. The molecule has 1 rings (SSSR count). The number of nitrogens with two attached hydrogens (primary N) is 1. The van der Waals surface area contributed by atoms with E-state index in [2.05, 4.69) is 5.43 Å². The normalized spacial score (nSPS) is 8.47. The zero-order valence-electron chi connectivity index (χ0n) is 7.81. The number of anilines is 1. The quantitative estimate of drug-likeness (QED) is 0.385. The lowest BCUT2D eigenvalue weighted by molar-refractivity contribution is -0.742. The molecule has 0 radical (unpaired) electrons. The number of halogens is 1. The molecule has 4 N–H and O–H groups in total. The van der Waals surface area contributed by atoms with Gasteiger partial charge in [0.2, 0.25) is 0 Å². The second-order valence-electron chi connectivity index (χ2n) is 2.23. The lowest BCUT2D eigenvalue weighted by atomic mass is 10.3. The molecule has 1 aromatic carbocycles. The summed E-state index contributed by atoms with van der Waals surface area (Å²) < 4.78 is 17.4. The number of nitrogens with zero attached hydrogens (tertiary/aromatic N) is 1. The fourth-order valence-electron chi connectivity index (χ4n) is 0.750. The van der Waals surface area contributed by atoms with Crippen LogP contribution in [-0.2, 0) is 0 Å². The SMILES string of the molecule is COc1cc(NN)ccc1F.O=[N+]([O-])O. The molecule has 0 aliphatic heterocycles. The van der Waals surface area contributed by atoms with Gasteiger partial charge in [0, 0.05) is 6.07 Å². The second-order valence-corrected chi connectivity index (χ2v) is 2.23. The highest BCUT2D eigenvalue weighted by Crippen LogP contribution is 2.20. The average molecular weight is 219 g/mol. The third kappa shape index (κ3) is 5.26. The van der Waals surface area contributed by atoms with Crippen LogP contribution in [0.3, 0.4) is 0 Å². The Morgan fingerprint density at radius 1 is 1.67 bits per heavy atom. The molecular weight excluding hydrogens is 209 g/mol. The molecule has 0 aliphatic carbocycles. The number of nitrogen functional groups attached to an aromatic ring is 1. The van der Waals surface area contributed by atoms with Gasteiger partial charge in [-0.2, -0.15) is 0 Å². The van der Waals surface area contributed by atoms with Gasteiger partial charge in [-0.1, -0.05) is 0 Å². The molecule has 0 saturated carbocycles. The molecule has 15 heavy (non-hydrogen) atoms. The first-order valence-corrected chi connectivity index (χ1v) is 3.64. The summed E-state index contributed by atoms with van der Waals surface area (Å²) in [6, 6.07) is 4.29. The van der Waals surface area contributed by atoms with Crippen molar-refractivity contribution in [2.24, 2.45) is 5.84 Å². The fraction of sp³-hybridized carbons (Fsp3) is 0.143. The highest BCUT2D eigenvalue weighted by molar-refractivity contribution is 5.47. The van der Waals surface area contributed by atoms with E-state index in [4.69, 9.17) is 25.9 Å². The molecule has 0 spiro atoms. The molecule has 0 heterocycles. The molecule has 0 aliphatic rings. The van der Waals surface area contributed by atoms with E-state index in [1.54, 1.807) is 0 Å². The Morgan fingerprint density at radius 3 is 2.60 bits per heavy atom. The predicted molar refractivity (Wildman–Crippen MR) is 49.5 cm³/mol. The van der Waals surface area contributed by atoms with Crippen molar-refractivity contribution in [1.82, 2.24) is 0 Å². The summed E-state index contributed by atoms with van der Waals surface area (Å²) >= 11 is 0. The van der Waals surface area contributed by atoms with Crippen LogP contribution in [-0.4, -0.2) is 17.4 Å². The Balaban J connectivity index is 0.000000423. The van der Waals surface area contributed by atoms with Crippen molar-refractivity contribution in [3.8, 4) is 5.75 Å². The number of benzene rings is 1. The van der Waals surface area contributed by atoms with E-state index in [0.717, 1.165) is 0 Å².